The van der Waals surface area contributed by atoms with Crippen LogP contribution in [0.15, 0.2) is 24.3 Å². The average Bonchev–Trinajstić information content (AvgIpc) is 2.47. The second kappa shape index (κ2) is 7.90. The molecule has 0 bridgehead atoms. The Bertz CT molecular complexity index is 479. The van der Waals surface area contributed by atoms with Crippen molar-refractivity contribution >= 4 is 11.7 Å². The van der Waals surface area contributed by atoms with Crippen molar-refractivity contribution in [3.05, 3.63) is 35.4 Å². The summed E-state index contributed by atoms with van der Waals surface area (Å²) in [4.78, 5) is 24.6. The van der Waals surface area contributed by atoms with E-state index in [0.717, 1.165) is 38.4 Å². The van der Waals surface area contributed by atoms with Crippen molar-refractivity contribution in [3.63, 3.8) is 0 Å². The molecule has 1 aliphatic rings. The highest BCUT2D eigenvalue weighted by Crippen LogP contribution is 2.09. The molecule has 5 heteroatoms. The maximum absolute atomic E-state index is 11.4. The number of nitrogens with zero attached hydrogens (tertiary/aromatic N) is 1. The molecule has 1 amide bonds. The number of Topliss-reactive ketones (excluding diaryl/α,β-unsaturated/α-hetero) is 1. The molecule has 1 heterocycles. The predicted octanol–water partition coefficient (Wildman–Crippen LogP) is 1.11. The zero-order valence-electron chi connectivity index (χ0n) is 12.4. The van der Waals surface area contributed by atoms with E-state index >= 15 is 0 Å². The standard InChI is InChI=1S/C16H22N2O3/c1-13(19)10-16(20)17-11-14-2-4-15(5-3-14)12-18-6-8-21-9-7-18/h2-5H,6-12H2,1H3,(H,17,20). The molecule has 1 fully saturated rings. The van der Waals surface area contributed by atoms with Crippen molar-refractivity contribution in [1.29, 1.82) is 0 Å². The Labute approximate surface area is 125 Å². The van der Waals surface area contributed by atoms with Gasteiger partial charge in [0.25, 0.3) is 0 Å². The fourth-order valence-corrected chi connectivity index (χ4v) is 2.27. The molecule has 1 aliphatic heterocycles. The van der Waals surface area contributed by atoms with Crippen molar-refractivity contribution in [2.75, 3.05) is 26.3 Å². The number of rotatable bonds is 6. The van der Waals surface area contributed by atoms with Crippen molar-refractivity contribution in [2.45, 2.75) is 26.4 Å². The van der Waals surface area contributed by atoms with Gasteiger partial charge in [-0.25, -0.2) is 0 Å². The van der Waals surface area contributed by atoms with Gasteiger partial charge < -0.3 is 10.1 Å². The van der Waals surface area contributed by atoms with Gasteiger partial charge in [-0.2, -0.15) is 0 Å². The topological polar surface area (TPSA) is 58.6 Å². The zero-order valence-corrected chi connectivity index (χ0v) is 12.4. The molecule has 0 saturated carbocycles. The molecule has 5 nitrogen and oxygen atoms in total. The zero-order chi connectivity index (χ0) is 15.1. The van der Waals surface area contributed by atoms with Gasteiger partial charge in [-0.05, 0) is 18.1 Å². The molecule has 0 aromatic heterocycles. The van der Waals surface area contributed by atoms with Gasteiger partial charge in [0, 0.05) is 26.2 Å². The fraction of sp³-hybridized carbons (Fsp3) is 0.500. The molecule has 0 radical (unpaired) electrons. The van der Waals surface area contributed by atoms with Crippen molar-refractivity contribution < 1.29 is 14.3 Å². The number of nitrogens with one attached hydrogen (secondary N) is 1. The van der Waals surface area contributed by atoms with Crippen molar-refractivity contribution in [1.82, 2.24) is 10.2 Å². The third kappa shape index (κ3) is 5.65. The molecule has 21 heavy (non-hydrogen) atoms. The van der Waals surface area contributed by atoms with Crippen LogP contribution in [0.2, 0.25) is 0 Å². The summed E-state index contributed by atoms with van der Waals surface area (Å²) in [6.45, 7) is 6.37. The molecule has 0 atom stereocenters. The number of amides is 1. The number of benzene rings is 1. The Kier molecular flexibility index (Phi) is 5.90. The minimum atomic E-state index is -0.222. The van der Waals surface area contributed by atoms with Crippen LogP contribution < -0.4 is 5.32 Å². The summed E-state index contributed by atoms with van der Waals surface area (Å²) in [7, 11) is 0. The molecule has 1 N–H and O–H groups in total. The third-order valence-corrected chi connectivity index (χ3v) is 3.43. The second-order valence-electron chi connectivity index (χ2n) is 5.36. The largest absolute Gasteiger partial charge is 0.379 e. The Balaban J connectivity index is 1.78. The monoisotopic (exact) mass is 290 g/mol. The Morgan fingerprint density at radius 3 is 2.38 bits per heavy atom. The van der Waals surface area contributed by atoms with Gasteiger partial charge in [0.1, 0.15) is 5.78 Å². The maximum atomic E-state index is 11.4. The number of hydrogen-bond acceptors (Lipinski definition) is 4. The van der Waals surface area contributed by atoms with E-state index in [9.17, 15) is 9.59 Å². The first-order chi connectivity index (χ1) is 10.1. The Morgan fingerprint density at radius 1 is 1.14 bits per heavy atom. The minimum absolute atomic E-state index is 0.0465. The lowest BCUT2D eigenvalue weighted by molar-refractivity contribution is -0.127. The molecule has 2 rings (SSSR count). The summed E-state index contributed by atoms with van der Waals surface area (Å²) < 4.78 is 5.33. The summed E-state index contributed by atoms with van der Waals surface area (Å²) in [5, 5.41) is 2.74. The molecule has 0 aliphatic carbocycles. The molecular formula is C16H22N2O3. The Morgan fingerprint density at radius 2 is 1.76 bits per heavy atom. The smallest absolute Gasteiger partial charge is 0.227 e. The number of morpholine rings is 1. The lowest BCUT2D eigenvalue weighted by Gasteiger charge is -2.26. The van der Waals surface area contributed by atoms with E-state index < -0.39 is 0 Å². The number of hydrogen-bond donors (Lipinski definition) is 1. The first-order valence-electron chi connectivity index (χ1n) is 7.27. The summed E-state index contributed by atoms with van der Waals surface area (Å²) in [5.41, 5.74) is 2.30. The SMILES string of the molecule is CC(=O)CC(=O)NCc1ccc(CN2CCOCC2)cc1. The molecule has 114 valence electrons. The summed E-state index contributed by atoms with van der Waals surface area (Å²) in [6.07, 6.45) is -0.0465. The van der Waals surface area contributed by atoms with E-state index in [4.69, 9.17) is 4.74 Å². The van der Waals surface area contributed by atoms with Crippen LogP contribution in [0.4, 0.5) is 0 Å². The van der Waals surface area contributed by atoms with E-state index in [0.29, 0.717) is 6.54 Å². The summed E-state index contributed by atoms with van der Waals surface area (Å²) >= 11 is 0. The highest BCUT2D eigenvalue weighted by Gasteiger charge is 2.10. The summed E-state index contributed by atoms with van der Waals surface area (Å²) in [6, 6.07) is 8.21. The van der Waals surface area contributed by atoms with E-state index in [1.54, 1.807) is 0 Å². The quantitative estimate of drug-likeness (QED) is 0.798. The van der Waals surface area contributed by atoms with Gasteiger partial charge in [0.15, 0.2) is 0 Å². The number of ether oxygens (including phenoxy) is 1. The minimum Gasteiger partial charge on any atom is -0.379 e. The molecule has 0 unspecified atom stereocenters. The Hall–Kier alpha value is -1.72. The van der Waals surface area contributed by atoms with Crippen molar-refractivity contribution in [2.24, 2.45) is 0 Å². The predicted molar refractivity (Wildman–Crippen MR) is 79.7 cm³/mol. The lowest BCUT2D eigenvalue weighted by atomic mass is 10.1. The molecular weight excluding hydrogens is 268 g/mol. The highest BCUT2D eigenvalue weighted by molar-refractivity contribution is 5.96. The van der Waals surface area contributed by atoms with Crippen LogP contribution in [-0.4, -0.2) is 42.9 Å². The van der Waals surface area contributed by atoms with E-state index in [-0.39, 0.29) is 18.1 Å². The number of ketones is 1. The molecule has 1 saturated heterocycles. The summed E-state index contributed by atoms with van der Waals surface area (Å²) in [5.74, 6) is -0.340. The van der Waals surface area contributed by atoms with Gasteiger partial charge in [0.2, 0.25) is 5.91 Å². The lowest BCUT2D eigenvalue weighted by Crippen LogP contribution is -2.35. The van der Waals surface area contributed by atoms with Crippen LogP contribution in [0.25, 0.3) is 0 Å². The number of carbonyl (C=O) groups excluding carboxylic acids is 2. The third-order valence-electron chi connectivity index (χ3n) is 3.43. The van der Waals surface area contributed by atoms with E-state index in [1.807, 2.05) is 12.1 Å². The van der Waals surface area contributed by atoms with Crippen LogP contribution in [0.5, 0.6) is 0 Å². The van der Waals surface area contributed by atoms with E-state index in [1.165, 1.54) is 12.5 Å². The van der Waals surface area contributed by atoms with Crippen LogP contribution in [0.1, 0.15) is 24.5 Å². The van der Waals surface area contributed by atoms with Gasteiger partial charge in [-0.15, -0.1) is 0 Å². The number of carbonyl (C=O) groups is 2. The van der Waals surface area contributed by atoms with Gasteiger partial charge in [0.05, 0.1) is 19.6 Å². The highest BCUT2D eigenvalue weighted by atomic mass is 16.5. The molecule has 1 aromatic rings. The van der Waals surface area contributed by atoms with Gasteiger partial charge >= 0.3 is 0 Å². The van der Waals surface area contributed by atoms with Crippen LogP contribution >= 0.6 is 0 Å². The van der Waals surface area contributed by atoms with Crippen LogP contribution in [0.3, 0.4) is 0 Å². The van der Waals surface area contributed by atoms with Crippen LogP contribution in [0, 0.1) is 0 Å². The average molecular weight is 290 g/mol. The first-order valence-corrected chi connectivity index (χ1v) is 7.27. The van der Waals surface area contributed by atoms with Gasteiger partial charge in [-0.1, -0.05) is 24.3 Å². The molecule has 0 spiro atoms. The first kappa shape index (κ1) is 15.7. The molecule has 1 aromatic carbocycles. The fourth-order valence-electron chi connectivity index (χ4n) is 2.27. The van der Waals surface area contributed by atoms with Crippen molar-refractivity contribution in [3.8, 4) is 0 Å². The maximum Gasteiger partial charge on any atom is 0.227 e. The normalized spacial score (nSPS) is 15.7. The van der Waals surface area contributed by atoms with Crippen LogP contribution in [-0.2, 0) is 27.4 Å². The van der Waals surface area contributed by atoms with Gasteiger partial charge in [-0.3, -0.25) is 14.5 Å². The van der Waals surface area contributed by atoms with E-state index in [2.05, 4.69) is 22.3 Å². The second-order valence-corrected chi connectivity index (χ2v) is 5.36.